The molecule has 0 amide bonds. The maximum Gasteiger partial charge on any atom is 0.296 e. The first-order valence-electron chi connectivity index (χ1n) is 13.8. The highest BCUT2D eigenvalue weighted by Gasteiger charge is 2.25. The number of hydrogen-bond donors (Lipinski definition) is 1. The van der Waals surface area contributed by atoms with Crippen LogP contribution in [-0.4, -0.2) is 103 Å². The Labute approximate surface area is 226 Å². The third-order valence-corrected chi connectivity index (χ3v) is 7.65. The highest BCUT2D eigenvalue weighted by molar-refractivity contribution is 5.78. The molecule has 6 rings (SSSR count). The van der Waals surface area contributed by atoms with Crippen molar-refractivity contribution < 1.29 is 23.0 Å². The van der Waals surface area contributed by atoms with E-state index >= 15 is 0 Å². The van der Waals surface area contributed by atoms with Crippen molar-refractivity contribution in [3.05, 3.63) is 36.2 Å². The van der Waals surface area contributed by atoms with E-state index in [9.17, 15) is 8.78 Å². The Morgan fingerprint density at radius 3 is 2.49 bits per heavy atom. The van der Waals surface area contributed by atoms with Crippen molar-refractivity contribution in [1.29, 1.82) is 0 Å². The summed E-state index contributed by atoms with van der Waals surface area (Å²) in [6.45, 7) is 8.19. The maximum absolute atomic E-state index is 14.1. The topological polar surface area (TPSA) is 89.8 Å². The first kappa shape index (κ1) is 26.3. The average Bonchev–Trinajstić information content (AvgIpc) is 3.38. The van der Waals surface area contributed by atoms with Gasteiger partial charge in [-0.05, 0) is 44.0 Å². The van der Waals surface area contributed by atoms with Crippen molar-refractivity contribution in [1.82, 2.24) is 24.4 Å². The van der Waals surface area contributed by atoms with Crippen LogP contribution in [0.3, 0.4) is 0 Å². The van der Waals surface area contributed by atoms with Crippen molar-refractivity contribution in [2.24, 2.45) is 5.92 Å². The first-order valence-corrected chi connectivity index (χ1v) is 13.8. The fourth-order valence-electron chi connectivity index (χ4n) is 5.54. The zero-order valence-electron chi connectivity index (χ0n) is 22.0. The molecule has 0 bridgehead atoms. The lowest BCUT2D eigenvalue weighted by Gasteiger charge is -2.35. The fraction of sp³-hybridized carbons (Fsp3) is 0.593. The molecule has 12 heteroatoms. The molecule has 0 radical (unpaired) electrons. The highest BCUT2D eigenvalue weighted by Crippen LogP contribution is 2.29. The van der Waals surface area contributed by atoms with Gasteiger partial charge in [-0.1, -0.05) is 12.1 Å². The molecule has 39 heavy (non-hydrogen) atoms. The lowest BCUT2D eigenvalue weighted by molar-refractivity contribution is -0.0992. The summed E-state index contributed by atoms with van der Waals surface area (Å²) < 4.78 is 46.5. The van der Waals surface area contributed by atoms with Crippen LogP contribution in [0.5, 0.6) is 0 Å². The molecule has 210 valence electrons. The number of alkyl halides is 2. The van der Waals surface area contributed by atoms with Gasteiger partial charge in [-0.25, -0.2) is 13.8 Å². The number of hydrogen-bond acceptors (Lipinski definition) is 9. The lowest BCUT2D eigenvalue weighted by Crippen LogP contribution is -2.44. The maximum atomic E-state index is 14.1. The number of piperidine rings is 1. The van der Waals surface area contributed by atoms with Crippen LogP contribution in [0.15, 0.2) is 30.3 Å². The smallest absolute Gasteiger partial charge is 0.296 e. The molecule has 10 nitrogen and oxygen atoms in total. The molecule has 3 aromatic rings. The highest BCUT2D eigenvalue weighted by atomic mass is 19.3. The van der Waals surface area contributed by atoms with Crippen molar-refractivity contribution in [3.63, 3.8) is 0 Å². The van der Waals surface area contributed by atoms with Gasteiger partial charge in [0.25, 0.3) is 6.43 Å². The third-order valence-electron chi connectivity index (χ3n) is 7.65. The zero-order chi connectivity index (χ0) is 26.6. The number of aromatic nitrogens is 4. The molecule has 2 aromatic heterocycles. The van der Waals surface area contributed by atoms with E-state index in [1.165, 1.54) is 4.57 Å². The van der Waals surface area contributed by atoms with Crippen molar-refractivity contribution >= 4 is 22.8 Å². The van der Waals surface area contributed by atoms with Gasteiger partial charge in [0.05, 0.1) is 50.2 Å². The SMILES string of the molecule is FC(F)c1nc2ccccc2n1-c1cc(N2CCOCC2)nc(NCC2CCN(CC3COCCO3)CC2)n1. The number of likely N-dealkylation sites (tertiary alicyclic amines) is 1. The number of ether oxygens (including phenoxy) is 3. The molecule has 1 atom stereocenters. The van der Waals surface area contributed by atoms with Gasteiger partial charge < -0.3 is 29.3 Å². The van der Waals surface area contributed by atoms with Gasteiger partial charge in [0, 0.05) is 32.2 Å². The number of fused-ring (bicyclic) bond motifs is 1. The summed E-state index contributed by atoms with van der Waals surface area (Å²) in [5.41, 5.74) is 1.09. The summed E-state index contributed by atoms with van der Waals surface area (Å²) >= 11 is 0. The molecule has 1 N–H and O–H groups in total. The minimum absolute atomic E-state index is 0.153. The van der Waals surface area contributed by atoms with Gasteiger partial charge in [0.2, 0.25) is 5.95 Å². The van der Waals surface area contributed by atoms with Crippen molar-refractivity contribution in [2.45, 2.75) is 25.4 Å². The number of rotatable bonds is 8. The lowest BCUT2D eigenvalue weighted by atomic mass is 9.96. The Morgan fingerprint density at radius 2 is 1.72 bits per heavy atom. The van der Waals surface area contributed by atoms with Gasteiger partial charge in [-0.2, -0.15) is 9.97 Å². The van der Waals surface area contributed by atoms with Gasteiger partial charge in [-0.15, -0.1) is 0 Å². The molecule has 0 saturated carbocycles. The van der Waals surface area contributed by atoms with Crippen LogP contribution in [0.1, 0.15) is 25.1 Å². The predicted molar refractivity (Wildman–Crippen MR) is 143 cm³/mol. The Hall–Kier alpha value is -2.93. The van der Waals surface area contributed by atoms with Crippen molar-refractivity contribution in [3.8, 4) is 5.82 Å². The van der Waals surface area contributed by atoms with Crippen LogP contribution in [-0.2, 0) is 14.2 Å². The molecule has 0 spiro atoms. The predicted octanol–water partition coefficient (Wildman–Crippen LogP) is 3.13. The van der Waals surface area contributed by atoms with E-state index in [2.05, 4.69) is 20.1 Å². The van der Waals surface area contributed by atoms with Crippen molar-refractivity contribution in [2.75, 3.05) is 82.5 Å². The number of nitrogens with zero attached hydrogens (tertiary/aromatic N) is 6. The Kier molecular flexibility index (Phi) is 8.14. The second-order valence-electron chi connectivity index (χ2n) is 10.3. The summed E-state index contributed by atoms with van der Waals surface area (Å²) in [7, 11) is 0. The number of morpholine rings is 1. The number of para-hydroxylation sites is 2. The number of anilines is 2. The van der Waals surface area contributed by atoms with Gasteiger partial charge >= 0.3 is 0 Å². The van der Waals surface area contributed by atoms with E-state index in [0.29, 0.717) is 80.7 Å². The van der Waals surface area contributed by atoms with E-state index in [1.54, 1.807) is 24.3 Å². The largest absolute Gasteiger partial charge is 0.378 e. The minimum atomic E-state index is -2.74. The normalized spacial score (nSPS) is 21.6. The first-order chi connectivity index (χ1) is 19.1. The summed E-state index contributed by atoms with van der Waals surface area (Å²) in [4.78, 5) is 18.3. The van der Waals surface area contributed by atoms with Crippen LogP contribution >= 0.6 is 0 Å². The summed E-state index contributed by atoms with van der Waals surface area (Å²) in [5.74, 6) is 1.64. The molecule has 5 heterocycles. The van der Waals surface area contributed by atoms with Crippen LogP contribution < -0.4 is 10.2 Å². The second-order valence-corrected chi connectivity index (χ2v) is 10.3. The molecule has 0 aliphatic carbocycles. The second kappa shape index (κ2) is 12.1. The summed E-state index contributed by atoms with van der Waals surface area (Å²) in [6, 6.07) is 8.91. The fourth-order valence-corrected chi connectivity index (χ4v) is 5.54. The molecule has 3 aliphatic rings. The van der Waals surface area contributed by atoms with E-state index < -0.39 is 6.43 Å². The molecule has 3 aliphatic heterocycles. The van der Waals surface area contributed by atoms with Crippen LogP contribution in [0, 0.1) is 5.92 Å². The molecule has 1 unspecified atom stereocenters. The van der Waals surface area contributed by atoms with E-state index in [-0.39, 0.29) is 11.9 Å². The Bertz CT molecular complexity index is 1240. The standard InChI is InChI=1S/C27H35F2N7O3/c28-25(29)26-31-21-3-1-2-4-22(21)36(26)24-15-23(35-9-11-37-12-10-35)32-27(33-24)30-16-19-5-7-34(8-6-19)17-20-18-38-13-14-39-20/h1-4,15,19-20,25H,5-14,16-18H2,(H,30,32,33). The quantitative estimate of drug-likeness (QED) is 0.460. The van der Waals surface area contributed by atoms with Gasteiger partial charge in [0.1, 0.15) is 11.6 Å². The number of halogens is 2. The number of imidazole rings is 1. The molecule has 3 fully saturated rings. The van der Waals surface area contributed by atoms with Crippen LogP contribution in [0.2, 0.25) is 0 Å². The van der Waals surface area contributed by atoms with Gasteiger partial charge in [0.15, 0.2) is 5.82 Å². The van der Waals surface area contributed by atoms with Crippen LogP contribution in [0.25, 0.3) is 16.9 Å². The van der Waals surface area contributed by atoms with E-state index in [4.69, 9.17) is 24.2 Å². The minimum Gasteiger partial charge on any atom is -0.378 e. The van der Waals surface area contributed by atoms with E-state index in [0.717, 1.165) is 39.0 Å². The zero-order valence-corrected chi connectivity index (χ0v) is 22.0. The van der Waals surface area contributed by atoms with E-state index in [1.807, 2.05) is 6.07 Å². The summed E-state index contributed by atoms with van der Waals surface area (Å²) in [5, 5.41) is 3.42. The third kappa shape index (κ3) is 6.13. The Morgan fingerprint density at radius 1 is 0.923 bits per heavy atom. The Balaban J connectivity index is 1.20. The summed E-state index contributed by atoms with van der Waals surface area (Å²) in [6.07, 6.45) is -0.483. The van der Waals surface area contributed by atoms with Crippen LogP contribution in [0.4, 0.5) is 20.5 Å². The number of nitrogens with one attached hydrogen (secondary N) is 1. The van der Waals surface area contributed by atoms with Gasteiger partial charge in [-0.3, -0.25) is 4.57 Å². The number of benzene rings is 1. The molecule has 3 saturated heterocycles. The monoisotopic (exact) mass is 543 g/mol. The molecule has 1 aromatic carbocycles. The molecular formula is C27H35F2N7O3. The molecular weight excluding hydrogens is 508 g/mol. The average molecular weight is 544 g/mol.